The van der Waals surface area contributed by atoms with E-state index < -0.39 is 0 Å². The minimum atomic E-state index is -0.0956. The maximum absolute atomic E-state index is 11.7. The molecule has 0 saturated heterocycles. The third-order valence-electron chi connectivity index (χ3n) is 3.31. The van der Waals surface area contributed by atoms with Crippen molar-refractivity contribution in [2.24, 2.45) is 5.10 Å². The van der Waals surface area contributed by atoms with Crippen LogP contribution in [-0.4, -0.2) is 32.5 Å². The van der Waals surface area contributed by atoms with E-state index in [-0.39, 0.29) is 20.7 Å². The summed E-state index contributed by atoms with van der Waals surface area (Å²) in [7, 11) is 1.65. The van der Waals surface area contributed by atoms with Crippen LogP contribution in [0.1, 0.15) is 12.5 Å². The molecule has 0 unspecified atom stereocenters. The number of hydrogen-bond donors (Lipinski definition) is 0. The van der Waals surface area contributed by atoms with E-state index in [9.17, 15) is 4.79 Å². The third kappa shape index (κ3) is 3.52. The van der Waals surface area contributed by atoms with Gasteiger partial charge >= 0.3 is 141 Å². The number of ether oxygens (including phenoxy) is 1. The van der Waals surface area contributed by atoms with Gasteiger partial charge in [0.15, 0.2) is 0 Å². The molecule has 0 bridgehead atoms. The predicted molar refractivity (Wildman–Crippen MR) is 93.8 cm³/mol. The second-order valence-electron chi connectivity index (χ2n) is 4.97. The molecule has 1 aliphatic rings. The Labute approximate surface area is 141 Å². The van der Waals surface area contributed by atoms with Crippen molar-refractivity contribution in [2.75, 3.05) is 12.1 Å². The van der Waals surface area contributed by atoms with Crippen molar-refractivity contribution in [3.8, 4) is 5.75 Å². The second-order valence-corrected chi connectivity index (χ2v) is 7.08. The minimum absolute atomic E-state index is 0.0315. The number of carbonyl (C=O) groups excluding carboxylic acids is 1. The van der Waals surface area contributed by atoms with Gasteiger partial charge in [0, 0.05) is 0 Å². The van der Waals surface area contributed by atoms with Crippen molar-refractivity contribution in [3.63, 3.8) is 0 Å². The average Bonchev–Trinajstić information content (AvgIpc) is 3.00. The number of carbonyl (C=O) groups is 1. The first kappa shape index (κ1) is 15.5. The van der Waals surface area contributed by atoms with Crippen LogP contribution in [0.25, 0.3) is 6.08 Å². The summed E-state index contributed by atoms with van der Waals surface area (Å²) in [5.74, 6) is 0.855. The zero-order valence-electron chi connectivity index (χ0n) is 12.9. The Hall–Kier alpha value is -2.36. The first-order valence-electron chi connectivity index (χ1n) is 7.15. The van der Waals surface area contributed by atoms with Gasteiger partial charge in [-0.3, -0.25) is 0 Å². The molecule has 4 nitrogen and oxygen atoms in total. The number of ketones is 1. The van der Waals surface area contributed by atoms with Gasteiger partial charge < -0.3 is 0 Å². The molecule has 2 aromatic rings. The zero-order valence-corrected chi connectivity index (χ0v) is 14.6. The summed E-state index contributed by atoms with van der Waals surface area (Å²) in [4.78, 5) is 11.7. The van der Waals surface area contributed by atoms with Crippen LogP contribution in [0.15, 0.2) is 64.3 Å². The first-order chi connectivity index (χ1) is 11.2. The van der Waals surface area contributed by atoms with Crippen molar-refractivity contribution in [3.05, 3.63) is 64.8 Å². The van der Waals surface area contributed by atoms with Gasteiger partial charge in [-0.1, -0.05) is 0 Å². The third-order valence-corrected chi connectivity index (χ3v) is 5.54. The Morgan fingerprint density at radius 2 is 1.83 bits per heavy atom. The van der Waals surface area contributed by atoms with Crippen molar-refractivity contribution >= 4 is 37.1 Å². The molecular formula is C18H16N2O2Se. The molecule has 0 atom stereocenters. The molecule has 5 heteroatoms. The summed E-state index contributed by atoms with van der Waals surface area (Å²) in [5.41, 5.74) is 2.02. The number of para-hydroxylation sites is 1. The molecule has 0 spiro atoms. The number of benzene rings is 2. The number of rotatable bonds is 4. The zero-order chi connectivity index (χ0) is 16.2. The molecular weight excluding hydrogens is 355 g/mol. The summed E-state index contributed by atoms with van der Waals surface area (Å²) in [6, 6.07) is 17.7. The number of nitrogens with zero attached hydrogens (tertiary/aromatic N) is 2. The molecule has 23 heavy (non-hydrogen) atoms. The Balaban J connectivity index is 1.95. The molecule has 1 heterocycles. The number of methoxy groups -OCH3 is 1. The molecule has 0 fully saturated rings. The van der Waals surface area contributed by atoms with Crippen LogP contribution >= 0.6 is 0 Å². The fourth-order valence-corrected chi connectivity index (χ4v) is 4.00. The van der Waals surface area contributed by atoms with Gasteiger partial charge in [-0.2, -0.15) is 0 Å². The molecule has 0 saturated carbocycles. The summed E-state index contributed by atoms with van der Waals surface area (Å²) in [5, 5.41) is 6.37. The van der Waals surface area contributed by atoms with Crippen molar-refractivity contribution in [1.82, 2.24) is 0 Å². The monoisotopic (exact) mass is 372 g/mol. The fourth-order valence-electron chi connectivity index (χ4n) is 2.13. The molecule has 2 aromatic carbocycles. The summed E-state index contributed by atoms with van der Waals surface area (Å²) < 4.78 is 6.86. The number of Topliss-reactive ketones (excluding diaryl/α,β-unsaturated/α-hetero) is 1. The van der Waals surface area contributed by atoms with Crippen LogP contribution in [0.3, 0.4) is 0 Å². The van der Waals surface area contributed by atoms with E-state index in [0.29, 0.717) is 4.61 Å². The molecule has 0 radical (unpaired) electrons. The Bertz CT molecular complexity index is 767. The van der Waals surface area contributed by atoms with E-state index in [0.717, 1.165) is 21.6 Å². The number of hydrazone groups is 1. The molecule has 0 amide bonds. The van der Waals surface area contributed by atoms with Crippen molar-refractivity contribution < 1.29 is 9.53 Å². The fraction of sp³-hybridized carbons (Fsp3) is 0.111. The predicted octanol–water partition coefficient (Wildman–Crippen LogP) is 3.12. The van der Waals surface area contributed by atoms with E-state index in [1.165, 1.54) is 0 Å². The summed E-state index contributed by atoms with van der Waals surface area (Å²) >= 11 is -0.0956. The number of hydrogen-bond acceptors (Lipinski definition) is 4. The molecule has 1 aliphatic heterocycles. The molecule has 116 valence electrons. The molecule has 0 aromatic heterocycles. The van der Waals surface area contributed by atoms with Crippen LogP contribution < -0.4 is 9.75 Å². The van der Waals surface area contributed by atoms with Crippen LogP contribution in [-0.2, 0) is 4.79 Å². The van der Waals surface area contributed by atoms with Crippen molar-refractivity contribution in [1.29, 1.82) is 0 Å². The van der Waals surface area contributed by atoms with Crippen molar-refractivity contribution in [2.45, 2.75) is 6.92 Å². The topological polar surface area (TPSA) is 41.9 Å². The van der Waals surface area contributed by atoms with Gasteiger partial charge in [-0.15, -0.1) is 0 Å². The van der Waals surface area contributed by atoms with Gasteiger partial charge in [0.25, 0.3) is 0 Å². The van der Waals surface area contributed by atoms with Crippen LogP contribution in [0.5, 0.6) is 5.75 Å². The normalized spacial score (nSPS) is 15.7. The SMILES string of the molecule is COc1ccc(C=C2[Se]C(C(C)=O)=NN2c2ccccc2)cc1. The maximum atomic E-state index is 11.7. The summed E-state index contributed by atoms with van der Waals surface area (Å²) in [6.07, 6.45) is 2.08. The van der Waals surface area contributed by atoms with Gasteiger partial charge in [-0.25, -0.2) is 0 Å². The molecule has 0 aliphatic carbocycles. The van der Waals surface area contributed by atoms with E-state index in [4.69, 9.17) is 4.74 Å². The Kier molecular flexibility index (Phi) is 4.60. The van der Waals surface area contributed by atoms with Gasteiger partial charge in [-0.05, 0) is 0 Å². The van der Waals surface area contributed by atoms with Gasteiger partial charge in [0.05, 0.1) is 0 Å². The van der Waals surface area contributed by atoms with Gasteiger partial charge in [0.2, 0.25) is 0 Å². The van der Waals surface area contributed by atoms with E-state index in [1.54, 1.807) is 14.0 Å². The van der Waals surface area contributed by atoms with E-state index >= 15 is 0 Å². The Morgan fingerprint density at radius 3 is 2.43 bits per heavy atom. The Morgan fingerprint density at radius 1 is 1.13 bits per heavy atom. The van der Waals surface area contributed by atoms with E-state index in [1.807, 2.05) is 59.6 Å². The second kappa shape index (κ2) is 6.82. The molecule has 3 rings (SSSR count). The average molecular weight is 371 g/mol. The summed E-state index contributed by atoms with van der Waals surface area (Å²) in [6.45, 7) is 1.57. The molecule has 0 N–H and O–H groups in total. The number of anilines is 1. The van der Waals surface area contributed by atoms with Crippen LogP contribution in [0.2, 0.25) is 0 Å². The van der Waals surface area contributed by atoms with Gasteiger partial charge in [0.1, 0.15) is 0 Å². The van der Waals surface area contributed by atoms with Crippen LogP contribution in [0.4, 0.5) is 5.69 Å². The first-order valence-corrected chi connectivity index (χ1v) is 8.87. The quantitative estimate of drug-likeness (QED) is 0.776. The van der Waals surface area contributed by atoms with Crippen LogP contribution in [0, 0.1) is 0 Å². The standard InChI is InChI=1S/C18H16N2O2Se/c1-13(21)18-19-20(15-6-4-3-5-7-15)17(23-18)12-14-8-10-16(22-2)11-9-14/h3-12H,1-2H3. The van der Waals surface area contributed by atoms with E-state index in [2.05, 4.69) is 11.2 Å².